The monoisotopic (exact) mass is 200 g/mol. The standard InChI is InChI=1S/C11H12N4/c1-2-6-10-9(5-1)11(13-12-10)14-15-7-3-4-8-15/h1-2,5-6H,3-4,7-8H2. The predicted molar refractivity (Wildman–Crippen MR) is 58.3 cm³/mol. The molecule has 4 nitrogen and oxygen atoms in total. The molecule has 0 aliphatic carbocycles. The van der Waals surface area contributed by atoms with E-state index in [9.17, 15) is 0 Å². The fourth-order valence-corrected chi connectivity index (χ4v) is 1.91. The molecule has 1 saturated heterocycles. The number of hydrogen-bond acceptors (Lipinski definition) is 3. The van der Waals surface area contributed by atoms with Crippen LogP contribution < -0.4 is 0 Å². The molecule has 76 valence electrons. The van der Waals surface area contributed by atoms with Gasteiger partial charge >= 0.3 is 0 Å². The molecule has 0 unspecified atom stereocenters. The highest BCUT2D eigenvalue weighted by Gasteiger charge is 2.17. The summed E-state index contributed by atoms with van der Waals surface area (Å²) in [6, 6.07) is 7.95. The van der Waals surface area contributed by atoms with Crippen LogP contribution in [0.1, 0.15) is 18.4 Å². The third-order valence-electron chi connectivity index (χ3n) is 2.72. The Bertz CT molecular complexity index is 430. The Labute approximate surface area is 88.3 Å². The third-order valence-corrected chi connectivity index (χ3v) is 2.72. The molecular formula is C11H12N4. The van der Waals surface area contributed by atoms with Crippen LogP contribution in [0.4, 0.5) is 5.69 Å². The molecule has 0 amide bonds. The number of rotatable bonds is 1. The fraction of sp³-hybridized carbons (Fsp3) is 0.364. The molecule has 4 heteroatoms. The largest absolute Gasteiger partial charge is 0.295 e. The molecule has 0 spiro atoms. The number of hydrazone groups is 1. The Morgan fingerprint density at radius 3 is 2.73 bits per heavy atom. The van der Waals surface area contributed by atoms with Crippen LogP contribution in [0.3, 0.4) is 0 Å². The van der Waals surface area contributed by atoms with Gasteiger partial charge in [-0.1, -0.05) is 12.1 Å². The number of nitrogens with zero attached hydrogens (tertiary/aromatic N) is 4. The van der Waals surface area contributed by atoms with Gasteiger partial charge in [-0.15, -0.1) is 10.2 Å². The lowest BCUT2D eigenvalue weighted by Crippen LogP contribution is -2.13. The quantitative estimate of drug-likeness (QED) is 0.686. The van der Waals surface area contributed by atoms with E-state index in [1.165, 1.54) is 12.8 Å². The van der Waals surface area contributed by atoms with Crippen molar-refractivity contribution in [3.63, 3.8) is 0 Å². The van der Waals surface area contributed by atoms with Gasteiger partial charge in [-0.05, 0) is 25.0 Å². The van der Waals surface area contributed by atoms with Crippen molar-refractivity contribution >= 4 is 11.5 Å². The molecule has 2 aliphatic rings. The van der Waals surface area contributed by atoms with E-state index >= 15 is 0 Å². The maximum Gasteiger partial charge on any atom is 0.203 e. The lowest BCUT2D eigenvalue weighted by atomic mass is 10.2. The molecule has 2 heterocycles. The molecule has 0 N–H and O–H groups in total. The minimum Gasteiger partial charge on any atom is -0.295 e. The highest BCUT2D eigenvalue weighted by atomic mass is 15.5. The first-order valence-corrected chi connectivity index (χ1v) is 5.28. The van der Waals surface area contributed by atoms with Gasteiger partial charge in [-0.2, -0.15) is 5.10 Å². The summed E-state index contributed by atoms with van der Waals surface area (Å²) < 4.78 is 0. The van der Waals surface area contributed by atoms with Crippen LogP contribution in [-0.2, 0) is 0 Å². The maximum atomic E-state index is 4.51. The van der Waals surface area contributed by atoms with Gasteiger partial charge in [0.25, 0.3) is 0 Å². The Hall–Kier alpha value is -1.71. The number of amidine groups is 1. The SMILES string of the molecule is c1ccc2c(c1)N=NC2=NN1CCCC1. The minimum absolute atomic E-state index is 0.757. The van der Waals surface area contributed by atoms with E-state index in [0.717, 1.165) is 30.2 Å². The second-order valence-corrected chi connectivity index (χ2v) is 3.80. The number of benzene rings is 1. The van der Waals surface area contributed by atoms with Gasteiger partial charge in [0.2, 0.25) is 5.84 Å². The molecule has 2 aliphatic heterocycles. The van der Waals surface area contributed by atoms with Gasteiger partial charge in [0.05, 0.1) is 11.3 Å². The average Bonchev–Trinajstić information content (AvgIpc) is 2.89. The second kappa shape index (κ2) is 3.46. The van der Waals surface area contributed by atoms with Crippen molar-refractivity contribution < 1.29 is 0 Å². The van der Waals surface area contributed by atoms with Crippen LogP contribution in [0.15, 0.2) is 39.6 Å². The highest BCUT2D eigenvalue weighted by molar-refractivity contribution is 6.05. The van der Waals surface area contributed by atoms with Gasteiger partial charge in [0.1, 0.15) is 0 Å². The van der Waals surface area contributed by atoms with Gasteiger partial charge in [-0.25, -0.2) is 0 Å². The van der Waals surface area contributed by atoms with E-state index in [1.54, 1.807) is 0 Å². The first-order chi connectivity index (χ1) is 7.43. The lowest BCUT2D eigenvalue weighted by molar-refractivity contribution is 0.360. The van der Waals surface area contributed by atoms with Crippen molar-refractivity contribution in [3.05, 3.63) is 29.8 Å². The van der Waals surface area contributed by atoms with Crippen LogP contribution in [0.25, 0.3) is 0 Å². The topological polar surface area (TPSA) is 40.3 Å². The molecule has 0 aromatic heterocycles. The summed E-state index contributed by atoms with van der Waals surface area (Å²) in [6.45, 7) is 2.09. The first kappa shape index (κ1) is 8.59. The molecule has 0 atom stereocenters. The zero-order valence-corrected chi connectivity index (χ0v) is 8.43. The predicted octanol–water partition coefficient (Wildman–Crippen LogP) is 2.54. The number of azo groups is 1. The van der Waals surface area contributed by atoms with Gasteiger partial charge < -0.3 is 0 Å². The van der Waals surface area contributed by atoms with Crippen molar-refractivity contribution in [2.24, 2.45) is 15.3 Å². The van der Waals surface area contributed by atoms with Crippen molar-refractivity contribution in [2.75, 3.05) is 13.1 Å². The molecule has 1 aromatic rings. The lowest BCUT2D eigenvalue weighted by Gasteiger charge is -2.09. The highest BCUT2D eigenvalue weighted by Crippen LogP contribution is 2.27. The fourth-order valence-electron chi connectivity index (χ4n) is 1.91. The van der Waals surface area contributed by atoms with E-state index in [2.05, 4.69) is 20.3 Å². The molecule has 3 rings (SSSR count). The Kier molecular flexibility index (Phi) is 1.98. The van der Waals surface area contributed by atoms with Crippen LogP contribution in [0.5, 0.6) is 0 Å². The van der Waals surface area contributed by atoms with Crippen molar-refractivity contribution in [1.82, 2.24) is 5.01 Å². The molecular weight excluding hydrogens is 188 g/mol. The zero-order chi connectivity index (χ0) is 10.1. The number of hydrogen-bond donors (Lipinski definition) is 0. The first-order valence-electron chi connectivity index (χ1n) is 5.28. The molecule has 15 heavy (non-hydrogen) atoms. The van der Waals surface area contributed by atoms with Crippen LogP contribution >= 0.6 is 0 Å². The summed E-state index contributed by atoms with van der Waals surface area (Å²) in [5, 5.41) is 14.8. The summed E-state index contributed by atoms with van der Waals surface area (Å²) in [4.78, 5) is 0. The van der Waals surface area contributed by atoms with E-state index < -0.39 is 0 Å². The van der Waals surface area contributed by atoms with Crippen molar-refractivity contribution in [2.45, 2.75) is 12.8 Å². The Balaban J connectivity index is 1.93. The summed E-state index contributed by atoms with van der Waals surface area (Å²) in [7, 11) is 0. The van der Waals surface area contributed by atoms with E-state index in [1.807, 2.05) is 24.3 Å². The minimum atomic E-state index is 0.757. The van der Waals surface area contributed by atoms with Crippen LogP contribution in [0, 0.1) is 0 Å². The summed E-state index contributed by atoms with van der Waals surface area (Å²) in [5.41, 5.74) is 1.97. The molecule has 0 bridgehead atoms. The van der Waals surface area contributed by atoms with Gasteiger partial charge in [0, 0.05) is 13.1 Å². The van der Waals surface area contributed by atoms with E-state index in [-0.39, 0.29) is 0 Å². The van der Waals surface area contributed by atoms with E-state index in [0.29, 0.717) is 0 Å². The molecule has 1 aromatic carbocycles. The third kappa shape index (κ3) is 1.52. The second-order valence-electron chi connectivity index (χ2n) is 3.80. The van der Waals surface area contributed by atoms with Crippen molar-refractivity contribution in [1.29, 1.82) is 0 Å². The molecule has 0 radical (unpaired) electrons. The number of fused-ring (bicyclic) bond motifs is 1. The molecule has 1 fully saturated rings. The summed E-state index contributed by atoms with van der Waals surface area (Å²) in [5.74, 6) is 0.757. The Morgan fingerprint density at radius 2 is 1.87 bits per heavy atom. The van der Waals surface area contributed by atoms with Gasteiger partial charge in [0.15, 0.2) is 0 Å². The van der Waals surface area contributed by atoms with Crippen LogP contribution in [-0.4, -0.2) is 23.9 Å². The zero-order valence-electron chi connectivity index (χ0n) is 8.43. The maximum absolute atomic E-state index is 4.51. The smallest absolute Gasteiger partial charge is 0.203 e. The van der Waals surface area contributed by atoms with Crippen LogP contribution in [0.2, 0.25) is 0 Å². The molecule has 0 saturated carbocycles. The summed E-state index contributed by atoms with van der Waals surface area (Å²) >= 11 is 0. The van der Waals surface area contributed by atoms with E-state index in [4.69, 9.17) is 0 Å². The normalized spacial score (nSPS) is 21.3. The van der Waals surface area contributed by atoms with Gasteiger partial charge in [-0.3, -0.25) is 5.01 Å². The summed E-state index contributed by atoms with van der Waals surface area (Å²) in [6.07, 6.45) is 2.46. The Morgan fingerprint density at radius 1 is 1.07 bits per heavy atom. The average molecular weight is 200 g/mol. The van der Waals surface area contributed by atoms with Crippen molar-refractivity contribution in [3.8, 4) is 0 Å².